The molecule has 1 atom stereocenters. The van der Waals surface area contributed by atoms with Crippen molar-refractivity contribution in [1.29, 1.82) is 0 Å². The van der Waals surface area contributed by atoms with Gasteiger partial charge in [0, 0.05) is 0 Å². The van der Waals surface area contributed by atoms with Gasteiger partial charge >= 0.3 is 7.91 Å². The van der Waals surface area contributed by atoms with Crippen molar-refractivity contribution in [2.24, 2.45) is 0 Å². The fourth-order valence-electron chi connectivity index (χ4n) is 0.975. The van der Waals surface area contributed by atoms with E-state index < -0.39 is 7.91 Å². The van der Waals surface area contributed by atoms with E-state index in [9.17, 15) is 8.76 Å². The number of hydrogen-bond donors (Lipinski definition) is 1. The number of halogens is 1. The molecular weight excluding hydrogens is 228 g/mol. The van der Waals surface area contributed by atoms with Crippen LogP contribution < -0.4 is 4.99 Å². The number of rotatable bonds is 3. The molecule has 0 spiro atoms. The van der Waals surface area contributed by atoms with Gasteiger partial charge in [0.05, 0.1) is 0 Å². The lowest BCUT2D eigenvalue weighted by molar-refractivity contribution is -0.227. The van der Waals surface area contributed by atoms with Crippen molar-refractivity contribution in [3.8, 4) is 0 Å². The minimum absolute atomic E-state index is 0.381. The molecule has 0 saturated carbocycles. The number of nitrogens with zero attached hydrogens (tertiary/aromatic N) is 3. The van der Waals surface area contributed by atoms with Gasteiger partial charge in [-0.25, -0.2) is 9.55 Å². The number of para-hydroxylation sites is 1. The molecule has 1 aromatic heterocycles. The van der Waals surface area contributed by atoms with Crippen LogP contribution in [0.3, 0.4) is 0 Å². The van der Waals surface area contributed by atoms with Crippen LogP contribution in [0.5, 0.6) is 0 Å². The molecule has 0 radical (unpaired) electrons. The van der Waals surface area contributed by atoms with Gasteiger partial charge in [0.25, 0.3) is 0 Å². The van der Waals surface area contributed by atoms with Crippen LogP contribution in [0.15, 0.2) is 24.3 Å². The van der Waals surface area contributed by atoms with Crippen LogP contribution in [0.4, 0.5) is 4.20 Å². The molecule has 0 aliphatic carbocycles. The number of benzene rings is 1. The predicted molar refractivity (Wildman–Crippen MR) is 46.1 cm³/mol. The van der Waals surface area contributed by atoms with Gasteiger partial charge in [0.2, 0.25) is 0 Å². The normalized spacial score (nSPS) is 15.1. The summed E-state index contributed by atoms with van der Waals surface area (Å²) in [4.78, 5) is 13.0. The summed E-state index contributed by atoms with van der Waals surface area (Å²) in [7, 11) is -5.20. The maximum Gasteiger partial charge on any atom is 0.548 e. The van der Waals surface area contributed by atoms with E-state index in [0.29, 0.717) is 15.9 Å². The van der Waals surface area contributed by atoms with E-state index in [1.807, 2.05) is 0 Å². The smallest absolute Gasteiger partial charge is 0.297 e. The molecule has 15 heavy (non-hydrogen) atoms. The molecule has 2 rings (SSSR count). The summed E-state index contributed by atoms with van der Waals surface area (Å²) in [5, 5.41) is 7.05. The predicted octanol–water partition coefficient (Wildman–Crippen LogP) is 0.861. The first-order chi connectivity index (χ1) is 7.06. The Morgan fingerprint density at radius 2 is 2.20 bits per heavy atom. The molecule has 1 heterocycles. The number of aromatic nitrogens is 3. The second-order valence-corrected chi connectivity index (χ2v) is 3.60. The summed E-state index contributed by atoms with van der Waals surface area (Å²) in [6.07, 6.45) is 0. The van der Waals surface area contributed by atoms with Crippen molar-refractivity contribution >= 4 is 18.9 Å². The molecule has 7 nitrogen and oxygen atoms in total. The Morgan fingerprint density at radius 3 is 2.93 bits per heavy atom. The zero-order chi connectivity index (χ0) is 10.9. The standard InChI is InChI=1S/C6H5FN3O4P/c7-15(11,12)14-13-10-6-4-2-1-3-5(6)8-9-10/h1-4H,(H,11,12). The average Bonchev–Trinajstić information content (AvgIpc) is 2.57. The van der Waals surface area contributed by atoms with Crippen LogP contribution in [-0.4, -0.2) is 20.1 Å². The summed E-state index contributed by atoms with van der Waals surface area (Å²) >= 11 is 0. The summed E-state index contributed by atoms with van der Waals surface area (Å²) in [6, 6.07) is 6.59. The fourth-order valence-corrected chi connectivity index (χ4v) is 1.12. The van der Waals surface area contributed by atoms with E-state index >= 15 is 0 Å². The second-order valence-electron chi connectivity index (χ2n) is 2.55. The van der Waals surface area contributed by atoms with Crippen LogP contribution in [0.2, 0.25) is 0 Å². The summed E-state index contributed by atoms with van der Waals surface area (Å²) in [5.41, 5.74) is 0.860. The minimum atomic E-state index is -5.20. The quantitative estimate of drug-likeness (QED) is 0.480. The summed E-state index contributed by atoms with van der Waals surface area (Å²) in [5.74, 6) is 0. The zero-order valence-corrected chi connectivity index (χ0v) is 8.04. The third-order valence-electron chi connectivity index (χ3n) is 1.52. The average molecular weight is 233 g/mol. The second kappa shape index (κ2) is 3.58. The van der Waals surface area contributed by atoms with E-state index in [1.165, 1.54) is 0 Å². The molecule has 0 saturated heterocycles. The van der Waals surface area contributed by atoms with E-state index in [-0.39, 0.29) is 0 Å². The molecule has 2 aromatic rings. The van der Waals surface area contributed by atoms with Crippen LogP contribution >= 0.6 is 7.91 Å². The van der Waals surface area contributed by atoms with Gasteiger partial charge in [0.15, 0.2) is 0 Å². The first-order valence-corrected chi connectivity index (χ1v) is 5.23. The molecule has 1 N–H and O–H groups in total. The maximum absolute atomic E-state index is 12.1. The topological polar surface area (TPSA) is 86.5 Å². The minimum Gasteiger partial charge on any atom is -0.297 e. The van der Waals surface area contributed by atoms with Crippen LogP contribution in [0, 0.1) is 0 Å². The van der Waals surface area contributed by atoms with Crippen LogP contribution in [-0.2, 0) is 9.24 Å². The lowest BCUT2D eigenvalue weighted by Gasteiger charge is -2.01. The molecule has 1 unspecified atom stereocenters. The van der Waals surface area contributed by atoms with Gasteiger partial charge in [0.1, 0.15) is 11.0 Å². The zero-order valence-electron chi connectivity index (χ0n) is 7.15. The Hall–Kier alpha value is -1.50. The van der Waals surface area contributed by atoms with Gasteiger partial charge in [-0.1, -0.05) is 12.1 Å². The highest BCUT2D eigenvalue weighted by Gasteiger charge is 2.21. The third-order valence-corrected chi connectivity index (χ3v) is 1.77. The Balaban J connectivity index is 2.25. The molecule has 0 aliphatic heterocycles. The highest BCUT2D eigenvalue weighted by Crippen LogP contribution is 2.42. The van der Waals surface area contributed by atoms with Crippen molar-refractivity contribution in [3.05, 3.63) is 24.3 Å². The SMILES string of the molecule is O=P(O)(F)OOn1nnc2ccccc21. The van der Waals surface area contributed by atoms with Crippen molar-refractivity contribution < 1.29 is 23.3 Å². The third kappa shape index (κ3) is 2.30. The molecule has 0 bridgehead atoms. The van der Waals surface area contributed by atoms with Crippen molar-refractivity contribution in [1.82, 2.24) is 15.2 Å². The largest absolute Gasteiger partial charge is 0.548 e. The number of hydrogen-bond acceptors (Lipinski definition) is 5. The molecule has 1 aromatic carbocycles. The van der Waals surface area contributed by atoms with E-state index in [4.69, 9.17) is 4.89 Å². The molecular formula is C6H5FN3O4P. The molecule has 0 fully saturated rings. The lowest BCUT2D eigenvalue weighted by Crippen LogP contribution is -2.11. The highest BCUT2D eigenvalue weighted by molar-refractivity contribution is 7.46. The van der Waals surface area contributed by atoms with E-state index in [1.54, 1.807) is 24.3 Å². The molecule has 0 amide bonds. The van der Waals surface area contributed by atoms with Crippen LogP contribution in [0.1, 0.15) is 0 Å². The Morgan fingerprint density at radius 1 is 1.47 bits per heavy atom. The van der Waals surface area contributed by atoms with E-state index in [2.05, 4.69) is 20.0 Å². The highest BCUT2D eigenvalue weighted by atomic mass is 31.2. The molecule has 0 aliphatic rings. The Bertz CT molecular complexity index is 524. The Labute approximate surface area is 82.6 Å². The first-order valence-electron chi connectivity index (χ1n) is 3.76. The van der Waals surface area contributed by atoms with Gasteiger partial charge in [-0.05, 0) is 26.9 Å². The van der Waals surface area contributed by atoms with Gasteiger partial charge in [-0.2, -0.15) is 0 Å². The fraction of sp³-hybridized carbons (Fsp3) is 0. The van der Waals surface area contributed by atoms with Crippen molar-refractivity contribution in [2.75, 3.05) is 0 Å². The van der Waals surface area contributed by atoms with Gasteiger partial charge in [-0.3, -0.25) is 4.89 Å². The lowest BCUT2D eigenvalue weighted by atomic mass is 10.3. The monoisotopic (exact) mass is 233 g/mol. The molecule has 9 heteroatoms. The summed E-state index contributed by atoms with van der Waals surface area (Å²) in [6.45, 7) is 0. The maximum atomic E-state index is 12.1. The summed E-state index contributed by atoms with van der Waals surface area (Å²) < 4.78 is 25.8. The van der Waals surface area contributed by atoms with Gasteiger partial charge < -0.3 is 0 Å². The Kier molecular flexibility index (Phi) is 2.39. The molecule has 80 valence electrons. The number of fused-ring (bicyclic) bond motifs is 1. The first kappa shape index (κ1) is 10.0. The van der Waals surface area contributed by atoms with Crippen LogP contribution in [0.25, 0.3) is 11.0 Å². The van der Waals surface area contributed by atoms with E-state index in [0.717, 1.165) is 0 Å². The van der Waals surface area contributed by atoms with Gasteiger partial charge in [-0.15, -0.1) is 9.30 Å². The van der Waals surface area contributed by atoms with Crippen molar-refractivity contribution in [3.63, 3.8) is 0 Å². The van der Waals surface area contributed by atoms with Crippen molar-refractivity contribution in [2.45, 2.75) is 0 Å².